The van der Waals surface area contributed by atoms with Crippen LogP contribution in [0.4, 0.5) is 0 Å². The number of rotatable bonds is 2. The number of amides is 1. The number of carbonyl (C=O) groups is 2. The zero-order valence-corrected chi connectivity index (χ0v) is 10.9. The van der Waals surface area contributed by atoms with E-state index in [2.05, 4.69) is 13.8 Å². The van der Waals surface area contributed by atoms with E-state index < -0.39 is 0 Å². The van der Waals surface area contributed by atoms with Gasteiger partial charge in [0, 0.05) is 19.0 Å². The Morgan fingerprint density at radius 2 is 2.00 bits per heavy atom. The molecule has 1 amide bonds. The molecular weight excluding hydrogens is 218 g/mol. The summed E-state index contributed by atoms with van der Waals surface area (Å²) in [5.41, 5.74) is 0.162. The SMILES string of the molecule is COC(=O)C1CCCN(C(=O)C2CC2(C)C)C1. The smallest absolute Gasteiger partial charge is 0.310 e. The number of nitrogens with zero attached hydrogens (tertiary/aromatic N) is 1. The van der Waals surface area contributed by atoms with E-state index >= 15 is 0 Å². The molecule has 1 saturated carbocycles. The standard InChI is InChI=1S/C13H21NO3/c1-13(2)7-10(13)11(15)14-6-4-5-9(8-14)12(16)17-3/h9-10H,4-8H2,1-3H3. The normalized spacial score (nSPS) is 30.9. The van der Waals surface area contributed by atoms with Crippen LogP contribution in [0.25, 0.3) is 0 Å². The van der Waals surface area contributed by atoms with Crippen LogP contribution in [0.2, 0.25) is 0 Å². The number of methoxy groups -OCH3 is 1. The monoisotopic (exact) mass is 239 g/mol. The lowest BCUT2D eigenvalue weighted by Gasteiger charge is -2.31. The zero-order valence-electron chi connectivity index (χ0n) is 10.9. The van der Waals surface area contributed by atoms with Gasteiger partial charge in [-0.2, -0.15) is 0 Å². The van der Waals surface area contributed by atoms with Crippen LogP contribution in [0, 0.1) is 17.3 Å². The van der Waals surface area contributed by atoms with Gasteiger partial charge in [-0.05, 0) is 24.7 Å². The molecule has 2 fully saturated rings. The van der Waals surface area contributed by atoms with Crippen molar-refractivity contribution in [3.05, 3.63) is 0 Å². The maximum atomic E-state index is 12.2. The van der Waals surface area contributed by atoms with Crippen LogP contribution in [0.5, 0.6) is 0 Å². The number of esters is 1. The Labute approximate surface area is 102 Å². The highest BCUT2D eigenvalue weighted by molar-refractivity contribution is 5.83. The van der Waals surface area contributed by atoms with Gasteiger partial charge in [0.15, 0.2) is 0 Å². The third kappa shape index (κ3) is 2.45. The summed E-state index contributed by atoms with van der Waals surface area (Å²) in [6.07, 6.45) is 2.72. The first-order valence-electron chi connectivity index (χ1n) is 6.32. The van der Waals surface area contributed by atoms with Crippen LogP contribution in [-0.2, 0) is 14.3 Å². The van der Waals surface area contributed by atoms with Crippen molar-refractivity contribution in [3.63, 3.8) is 0 Å². The van der Waals surface area contributed by atoms with Gasteiger partial charge in [-0.3, -0.25) is 9.59 Å². The molecule has 0 aromatic heterocycles. The van der Waals surface area contributed by atoms with Crippen molar-refractivity contribution in [2.75, 3.05) is 20.2 Å². The molecule has 4 heteroatoms. The second-order valence-corrected chi connectivity index (χ2v) is 5.89. The van der Waals surface area contributed by atoms with Gasteiger partial charge in [-0.25, -0.2) is 0 Å². The van der Waals surface area contributed by atoms with E-state index in [-0.39, 0.29) is 29.1 Å². The van der Waals surface area contributed by atoms with Crippen molar-refractivity contribution in [2.24, 2.45) is 17.3 Å². The van der Waals surface area contributed by atoms with Crippen LogP contribution >= 0.6 is 0 Å². The van der Waals surface area contributed by atoms with Crippen LogP contribution in [0.1, 0.15) is 33.1 Å². The highest BCUT2D eigenvalue weighted by Crippen LogP contribution is 2.52. The van der Waals surface area contributed by atoms with Gasteiger partial charge >= 0.3 is 5.97 Å². The summed E-state index contributed by atoms with van der Waals surface area (Å²) < 4.78 is 4.76. The van der Waals surface area contributed by atoms with Gasteiger partial charge in [0.05, 0.1) is 13.0 Å². The van der Waals surface area contributed by atoms with Gasteiger partial charge in [0.1, 0.15) is 0 Å². The van der Waals surface area contributed by atoms with E-state index in [1.165, 1.54) is 7.11 Å². The number of hydrogen-bond acceptors (Lipinski definition) is 3. The van der Waals surface area contributed by atoms with E-state index in [0.29, 0.717) is 6.54 Å². The lowest BCUT2D eigenvalue weighted by molar-refractivity contribution is -0.149. The topological polar surface area (TPSA) is 46.6 Å². The minimum atomic E-state index is -0.183. The molecule has 96 valence electrons. The van der Waals surface area contributed by atoms with Crippen LogP contribution in [0.15, 0.2) is 0 Å². The maximum absolute atomic E-state index is 12.2. The van der Waals surface area contributed by atoms with Crippen molar-refractivity contribution >= 4 is 11.9 Å². The molecule has 2 atom stereocenters. The molecular formula is C13H21NO3. The average molecular weight is 239 g/mol. The third-order valence-corrected chi connectivity index (χ3v) is 4.08. The summed E-state index contributed by atoms with van der Waals surface area (Å²) in [6, 6.07) is 0. The summed E-state index contributed by atoms with van der Waals surface area (Å²) in [7, 11) is 1.41. The molecule has 17 heavy (non-hydrogen) atoms. The van der Waals surface area contributed by atoms with E-state index in [9.17, 15) is 9.59 Å². The van der Waals surface area contributed by atoms with Crippen LogP contribution < -0.4 is 0 Å². The van der Waals surface area contributed by atoms with Gasteiger partial charge in [-0.15, -0.1) is 0 Å². The predicted molar refractivity (Wildman–Crippen MR) is 63.2 cm³/mol. The summed E-state index contributed by atoms with van der Waals surface area (Å²) in [5, 5.41) is 0. The second-order valence-electron chi connectivity index (χ2n) is 5.89. The largest absolute Gasteiger partial charge is 0.469 e. The molecule has 1 saturated heterocycles. The van der Waals surface area contributed by atoms with Crippen molar-refractivity contribution < 1.29 is 14.3 Å². The number of likely N-dealkylation sites (tertiary alicyclic amines) is 1. The Kier molecular flexibility index (Phi) is 3.15. The fourth-order valence-corrected chi connectivity index (χ4v) is 2.65. The van der Waals surface area contributed by atoms with Crippen molar-refractivity contribution in [1.29, 1.82) is 0 Å². The first kappa shape index (κ1) is 12.4. The first-order valence-corrected chi connectivity index (χ1v) is 6.32. The lowest BCUT2D eigenvalue weighted by atomic mass is 9.97. The molecule has 2 aliphatic rings. The molecule has 2 unspecified atom stereocenters. The van der Waals surface area contributed by atoms with Crippen LogP contribution in [-0.4, -0.2) is 37.0 Å². The Hall–Kier alpha value is -1.06. The van der Waals surface area contributed by atoms with E-state index in [1.807, 2.05) is 4.90 Å². The van der Waals surface area contributed by atoms with Crippen molar-refractivity contribution in [3.8, 4) is 0 Å². The first-order chi connectivity index (χ1) is 7.95. The second kappa shape index (κ2) is 4.31. The number of piperidine rings is 1. The number of carbonyl (C=O) groups excluding carboxylic acids is 2. The third-order valence-electron chi connectivity index (χ3n) is 4.08. The predicted octanol–water partition coefficient (Wildman–Crippen LogP) is 1.44. The minimum Gasteiger partial charge on any atom is -0.469 e. The Morgan fingerprint density at radius 1 is 1.35 bits per heavy atom. The quantitative estimate of drug-likeness (QED) is 0.685. The molecule has 0 spiro atoms. The van der Waals surface area contributed by atoms with E-state index in [4.69, 9.17) is 4.74 Å². The van der Waals surface area contributed by atoms with Crippen LogP contribution in [0.3, 0.4) is 0 Å². The molecule has 1 aliphatic heterocycles. The Bertz CT molecular complexity index is 338. The molecule has 0 bridgehead atoms. The summed E-state index contributed by atoms with van der Waals surface area (Å²) in [6.45, 7) is 5.57. The van der Waals surface area contributed by atoms with Gasteiger partial charge in [0.25, 0.3) is 0 Å². The molecule has 0 aromatic carbocycles. The van der Waals surface area contributed by atoms with Crippen molar-refractivity contribution in [2.45, 2.75) is 33.1 Å². The van der Waals surface area contributed by atoms with Crippen molar-refractivity contribution in [1.82, 2.24) is 4.90 Å². The summed E-state index contributed by atoms with van der Waals surface area (Å²) in [4.78, 5) is 25.5. The molecule has 4 nitrogen and oxygen atoms in total. The molecule has 0 radical (unpaired) electrons. The minimum absolute atomic E-state index is 0.125. The highest BCUT2D eigenvalue weighted by atomic mass is 16.5. The molecule has 0 N–H and O–H groups in total. The Morgan fingerprint density at radius 3 is 2.53 bits per heavy atom. The van der Waals surface area contributed by atoms with Gasteiger partial charge < -0.3 is 9.64 Å². The number of ether oxygens (including phenoxy) is 1. The lowest BCUT2D eigenvalue weighted by Crippen LogP contribution is -2.43. The molecule has 0 aromatic rings. The Balaban J connectivity index is 1.94. The van der Waals surface area contributed by atoms with E-state index in [0.717, 1.165) is 25.8 Å². The van der Waals surface area contributed by atoms with Gasteiger partial charge in [-0.1, -0.05) is 13.8 Å². The summed E-state index contributed by atoms with van der Waals surface area (Å²) in [5.74, 6) is 0.0830. The molecule has 2 rings (SSSR count). The fraction of sp³-hybridized carbons (Fsp3) is 0.846. The van der Waals surface area contributed by atoms with Gasteiger partial charge in [0.2, 0.25) is 5.91 Å². The zero-order chi connectivity index (χ0) is 12.6. The van der Waals surface area contributed by atoms with E-state index in [1.54, 1.807) is 0 Å². The average Bonchev–Trinajstić information content (AvgIpc) is 2.96. The maximum Gasteiger partial charge on any atom is 0.310 e. The highest BCUT2D eigenvalue weighted by Gasteiger charge is 2.52. The fourth-order valence-electron chi connectivity index (χ4n) is 2.65. The molecule has 1 aliphatic carbocycles. The number of hydrogen-bond donors (Lipinski definition) is 0. The molecule has 1 heterocycles. The summed E-state index contributed by atoms with van der Waals surface area (Å²) >= 11 is 0.